The lowest BCUT2D eigenvalue weighted by atomic mass is 9.75. The number of rotatable bonds is 5. The number of nitrogens with zero attached hydrogens (tertiary/aromatic N) is 2. The summed E-state index contributed by atoms with van der Waals surface area (Å²) in [7, 11) is 7.59. The Hall–Kier alpha value is -1.75. The van der Waals surface area contributed by atoms with Crippen LogP contribution in [0.15, 0.2) is 18.2 Å². The molecule has 0 bridgehead atoms. The van der Waals surface area contributed by atoms with Crippen LogP contribution < -0.4 is 10.5 Å². The zero-order valence-electron chi connectivity index (χ0n) is 13.3. The van der Waals surface area contributed by atoms with Crippen LogP contribution in [-0.4, -0.2) is 56.0 Å². The highest BCUT2D eigenvalue weighted by Crippen LogP contribution is 2.36. The molecular weight excluding hydrogens is 266 g/mol. The van der Waals surface area contributed by atoms with E-state index in [4.69, 9.17) is 10.5 Å². The van der Waals surface area contributed by atoms with E-state index in [0.717, 1.165) is 19.4 Å². The van der Waals surface area contributed by atoms with Crippen LogP contribution in [0.3, 0.4) is 0 Å². The molecule has 0 spiro atoms. The molecule has 1 amide bonds. The van der Waals surface area contributed by atoms with Crippen LogP contribution in [0.5, 0.6) is 5.75 Å². The van der Waals surface area contributed by atoms with Gasteiger partial charge in [-0.05, 0) is 45.5 Å². The molecule has 0 unspecified atom stereocenters. The van der Waals surface area contributed by atoms with Crippen molar-refractivity contribution in [2.24, 2.45) is 0 Å². The number of nitrogen functional groups attached to an aromatic ring is 1. The molecule has 1 aromatic rings. The van der Waals surface area contributed by atoms with E-state index in [1.807, 2.05) is 7.05 Å². The Morgan fingerprint density at radius 2 is 1.95 bits per heavy atom. The van der Waals surface area contributed by atoms with Gasteiger partial charge in [0.15, 0.2) is 0 Å². The van der Waals surface area contributed by atoms with E-state index in [1.54, 1.807) is 30.2 Å². The number of benzene rings is 1. The van der Waals surface area contributed by atoms with Crippen LogP contribution in [0, 0.1) is 0 Å². The van der Waals surface area contributed by atoms with Crippen molar-refractivity contribution in [3.8, 4) is 5.75 Å². The van der Waals surface area contributed by atoms with Crippen molar-refractivity contribution < 1.29 is 9.53 Å². The van der Waals surface area contributed by atoms with Crippen molar-refractivity contribution >= 4 is 11.6 Å². The van der Waals surface area contributed by atoms with E-state index in [-0.39, 0.29) is 11.4 Å². The second-order valence-electron chi connectivity index (χ2n) is 6.13. The van der Waals surface area contributed by atoms with Gasteiger partial charge < -0.3 is 20.3 Å². The fraction of sp³-hybridized carbons (Fsp3) is 0.562. The molecule has 1 aliphatic rings. The minimum absolute atomic E-state index is 0.0197. The topological polar surface area (TPSA) is 58.8 Å². The molecule has 0 heterocycles. The minimum atomic E-state index is -0.0197. The first-order valence-electron chi connectivity index (χ1n) is 7.25. The van der Waals surface area contributed by atoms with Gasteiger partial charge >= 0.3 is 0 Å². The van der Waals surface area contributed by atoms with Gasteiger partial charge in [0.1, 0.15) is 5.75 Å². The first kappa shape index (κ1) is 15.6. The first-order chi connectivity index (χ1) is 9.88. The molecule has 0 radical (unpaired) electrons. The summed E-state index contributed by atoms with van der Waals surface area (Å²) in [5.41, 5.74) is 7.06. The van der Waals surface area contributed by atoms with Crippen molar-refractivity contribution in [3.05, 3.63) is 23.8 Å². The van der Waals surface area contributed by atoms with Gasteiger partial charge in [0, 0.05) is 36.4 Å². The van der Waals surface area contributed by atoms with Crippen LogP contribution >= 0.6 is 0 Å². The molecule has 1 saturated carbocycles. The smallest absolute Gasteiger partial charge is 0.253 e. The van der Waals surface area contributed by atoms with Crippen molar-refractivity contribution in [1.82, 2.24) is 9.80 Å². The lowest BCUT2D eigenvalue weighted by Gasteiger charge is -2.49. The second-order valence-corrected chi connectivity index (χ2v) is 6.13. The zero-order chi connectivity index (χ0) is 15.6. The predicted molar refractivity (Wildman–Crippen MR) is 84.6 cm³/mol. The van der Waals surface area contributed by atoms with Crippen LogP contribution in [0.1, 0.15) is 29.6 Å². The Morgan fingerprint density at radius 1 is 1.29 bits per heavy atom. The summed E-state index contributed by atoms with van der Waals surface area (Å²) in [5.74, 6) is 0.589. The maximum atomic E-state index is 12.6. The van der Waals surface area contributed by atoms with E-state index in [2.05, 4.69) is 19.0 Å². The summed E-state index contributed by atoms with van der Waals surface area (Å²) >= 11 is 0. The van der Waals surface area contributed by atoms with Gasteiger partial charge in [-0.1, -0.05) is 0 Å². The van der Waals surface area contributed by atoms with E-state index < -0.39 is 0 Å². The molecule has 5 nitrogen and oxygen atoms in total. The van der Waals surface area contributed by atoms with Gasteiger partial charge in [0.25, 0.3) is 5.91 Å². The van der Waals surface area contributed by atoms with Crippen molar-refractivity contribution in [3.63, 3.8) is 0 Å². The molecule has 0 atom stereocenters. The number of ether oxygens (including phenoxy) is 1. The molecule has 2 N–H and O–H groups in total. The molecule has 1 aromatic carbocycles. The number of amides is 1. The Kier molecular flexibility index (Phi) is 4.42. The first-order valence-corrected chi connectivity index (χ1v) is 7.25. The number of anilines is 1. The average Bonchev–Trinajstić information content (AvgIpc) is 2.40. The van der Waals surface area contributed by atoms with Crippen molar-refractivity contribution in [2.75, 3.05) is 40.5 Å². The van der Waals surface area contributed by atoms with Gasteiger partial charge in [-0.25, -0.2) is 0 Å². The summed E-state index contributed by atoms with van der Waals surface area (Å²) in [6.07, 6.45) is 3.50. The average molecular weight is 291 g/mol. The second kappa shape index (κ2) is 5.93. The monoisotopic (exact) mass is 291 g/mol. The van der Waals surface area contributed by atoms with Gasteiger partial charge in [-0.3, -0.25) is 4.79 Å². The molecule has 5 heteroatoms. The molecule has 116 valence electrons. The maximum absolute atomic E-state index is 12.6. The fourth-order valence-electron chi connectivity index (χ4n) is 2.93. The highest BCUT2D eigenvalue weighted by atomic mass is 16.5. The number of likely N-dealkylation sites (N-methyl/N-ethyl adjacent to an activating group) is 2. The van der Waals surface area contributed by atoms with Crippen molar-refractivity contribution in [2.45, 2.75) is 24.8 Å². The Bertz CT molecular complexity index is 524. The van der Waals surface area contributed by atoms with Gasteiger partial charge in [-0.15, -0.1) is 0 Å². The summed E-state index contributed by atoms with van der Waals surface area (Å²) in [6, 6.07) is 5.15. The van der Waals surface area contributed by atoms with Crippen LogP contribution in [0.25, 0.3) is 0 Å². The third-order valence-corrected chi connectivity index (χ3v) is 4.52. The van der Waals surface area contributed by atoms with Crippen LogP contribution in [0.2, 0.25) is 0 Å². The maximum Gasteiger partial charge on any atom is 0.253 e. The lowest BCUT2D eigenvalue weighted by Crippen LogP contribution is -2.57. The molecular formula is C16H25N3O2. The van der Waals surface area contributed by atoms with Gasteiger partial charge in [0.2, 0.25) is 0 Å². The molecule has 0 saturated heterocycles. The summed E-state index contributed by atoms with van der Waals surface area (Å²) < 4.78 is 5.18. The van der Waals surface area contributed by atoms with Crippen molar-refractivity contribution in [1.29, 1.82) is 0 Å². The Labute approximate surface area is 126 Å². The highest BCUT2D eigenvalue weighted by molar-refractivity contribution is 5.95. The SMILES string of the molecule is COc1cc(N)cc(C(=O)N(C)CC2(N(C)C)CCC2)c1. The predicted octanol–water partition coefficient (Wildman–Crippen LogP) is 1.83. The molecule has 1 aliphatic carbocycles. The molecule has 0 aromatic heterocycles. The van der Waals surface area contributed by atoms with Gasteiger partial charge in [-0.2, -0.15) is 0 Å². The number of hydrogen-bond donors (Lipinski definition) is 1. The van der Waals surface area contributed by atoms with E-state index in [1.165, 1.54) is 6.42 Å². The number of carbonyl (C=O) groups excluding carboxylic acids is 1. The van der Waals surface area contributed by atoms with Crippen LogP contribution in [-0.2, 0) is 0 Å². The fourth-order valence-corrected chi connectivity index (χ4v) is 2.93. The van der Waals surface area contributed by atoms with Crippen LogP contribution in [0.4, 0.5) is 5.69 Å². The van der Waals surface area contributed by atoms with E-state index >= 15 is 0 Å². The molecule has 21 heavy (non-hydrogen) atoms. The molecule has 1 fully saturated rings. The van der Waals surface area contributed by atoms with E-state index in [9.17, 15) is 4.79 Å². The highest BCUT2D eigenvalue weighted by Gasteiger charge is 2.40. The van der Waals surface area contributed by atoms with E-state index in [0.29, 0.717) is 17.0 Å². The number of methoxy groups -OCH3 is 1. The van der Waals surface area contributed by atoms with Gasteiger partial charge in [0.05, 0.1) is 7.11 Å². The Morgan fingerprint density at radius 3 is 2.43 bits per heavy atom. The minimum Gasteiger partial charge on any atom is -0.497 e. The molecule has 0 aliphatic heterocycles. The summed E-state index contributed by atoms with van der Waals surface area (Å²) in [4.78, 5) is 16.6. The summed E-state index contributed by atoms with van der Waals surface area (Å²) in [5, 5.41) is 0. The number of hydrogen-bond acceptors (Lipinski definition) is 4. The normalized spacial score (nSPS) is 16.4. The lowest BCUT2D eigenvalue weighted by molar-refractivity contribution is 0.0252. The molecule has 2 rings (SSSR count). The number of nitrogens with two attached hydrogens (primary N) is 1. The largest absolute Gasteiger partial charge is 0.497 e. The third-order valence-electron chi connectivity index (χ3n) is 4.52. The zero-order valence-corrected chi connectivity index (χ0v) is 13.3. The Balaban J connectivity index is 2.14. The quantitative estimate of drug-likeness (QED) is 0.841. The standard InChI is InChI=1S/C16H25N3O2/c1-18(2)16(6-5-7-16)11-19(3)15(20)12-8-13(17)10-14(9-12)21-4/h8-10H,5-7,11,17H2,1-4H3. The summed E-state index contributed by atoms with van der Waals surface area (Å²) in [6.45, 7) is 0.732. The third kappa shape index (κ3) is 3.13. The number of carbonyl (C=O) groups is 1.